The number of hydrogen-bond donors (Lipinski definition) is 2. The van der Waals surface area contributed by atoms with Crippen LogP contribution >= 0.6 is 0 Å². The van der Waals surface area contributed by atoms with E-state index in [0.29, 0.717) is 30.1 Å². The van der Waals surface area contributed by atoms with Crippen molar-refractivity contribution in [1.82, 2.24) is 4.98 Å². The molecule has 0 bridgehead atoms. The van der Waals surface area contributed by atoms with Crippen molar-refractivity contribution in [3.63, 3.8) is 0 Å². The molecule has 1 unspecified atom stereocenters. The first kappa shape index (κ1) is 14.6. The first-order valence-corrected chi connectivity index (χ1v) is 6.74. The molecule has 1 rings (SSSR count). The van der Waals surface area contributed by atoms with E-state index in [-0.39, 0.29) is 0 Å². The molecule has 1 heterocycles. The van der Waals surface area contributed by atoms with Crippen LogP contribution in [0, 0.1) is 5.92 Å². The molecule has 0 amide bonds. The minimum Gasteiger partial charge on any atom is -0.476 e. The molecule has 1 atom stereocenters. The number of pyridine rings is 1. The molecule has 1 aromatic heterocycles. The molecule has 3 N–H and O–H groups in total. The van der Waals surface area contributed by atoms with Crippen LogP contribution in [-0.2, 0) is 0 Å². The second-order valence-electron chi connectivity index (χ2n) is 4.84. The summed E-state index contributed by atoms with van der Waals surface area (Å²) < 4.78 is 5.53. The molecule has 0 spiro atoms. The summed E-state index contributed by atoms with van der Waals surface area (Å²) in [4.78, 5) is 4.42. The molecule has 0 radical (unpaired) electrons. The molecule has 18 heavy (non-hydrogen) atoms. The Morgan fingerprint density at radius 2 is 2.06 bits per heavy atom. The summed E-state index contributed by atoms with van der Waals surface area (Å²) in [6.45, 7) is 9.27. The maximum absolute atomic E-state index is 5.84. The van der Waals surface area contributed by atoms with Gasteiger partial charge in [0.05, 0.1) is 12.3 Å². The van der Waals surface area contributed by atoms with E-state index < -0.39 is 0 Å². The highest BCUT2D eigenvalue weighted by Crippen LogP contribution is 2.22. The van der Waals surface area contributed by atoms with Crippen LogP contribution in [0.5, 0.6) is 5.88 Å². The number of nitrogen functional groups attached to an aromatic ring is 1. The third kappa shape index (κ3) is 4.09. The molecule has 0 aliphatic heterocycles. The zero-order valence-corrected chi connectivity index (χ0v) is 11.9. The summed E-state index contributed by atoms with van der Waals surface area (Å²) in [7, 11) is 0. The van der Waals surface area contributed by atoms with Gasteiger partial charge in [-0.2, -0.15) is 4.98 Å². The number of rotatable bonds is 7. The van der Waals surface area contributed by atoms with Gasteiger partial charge in [-0.25, -0.2) is 0 Å². The summed E-state index contributed by atoms with van der Waals surface area (Å²) >= 11 is 0. The van der Waals surface area contributed by atoms with Gasteiger partial charge in [0.15, 0.2) is 0 Å². The Kier molecular flexibility index (Phi) is 5.75. The number of nitrogens with zero attached hydrogens (tertiary/aromatic N) is 1. The predicted octanol–water partition coefficient (Wildman–Crippen LogP) is 3.30. The van der Waals surface area contributed by atoms with Gasteiger partial charge in [-0.05, 0) is 30.9 Å². The number of anilines is 2. The van der Waals surface area contributed by atoms with Crippen LogP contribution < -0.4 is 15.8 Å². The van der Waals surface area contributed by atoms with Crippen molar-refractivity contribution in [2.24, 2.45) is 5.92 Å². The summed E-state index contributed by atoms with van der Waals surface area (Å²) in [5, 5.41) is 3.43. The molecule has 0 aliphatic carbocycles. The van der Waals surface area contributed by atoms with Gasteiger partial charge in [-0.15, -0.1) is 0 Å². The zero-order chi connectivity index (χ0) is 13.5. The first-order chi connectivity index (χ1) is 8.58. The van der Waals surface area contributed by atoms with Crippen LogP contribution in [0.4, 0.5) is 11.5 Å². The molecule has 0 fully saturated rings. The van der Waals surface area contributed by atoms with Crippen LogP contribution in [0.1, 0.15) is 40.5 Å². The van der Waals surface area contributed by atoms with Crippen molar-refractivity contribution >= 4 is 11.5 Å². The van der Waals surface area contributed by atoms with Crippen LogP contribution in [0.15, 0.2) is 12.1 Å². The number of nitrogens with one attached hydrogen (secondary N) is 1. The summed E-state index contributed by atoms with van der Waals surface area (Å²) in [6.07, 6.45) is 2.01. The Morgan fingerprint density at radius 1 is 1.33 bits per heavy atom. The fraction of sp³-hybridized carbons (Fsp3) is 0.643. The van der Waals surface area contributed by atoms with Crippen molar-refractivity contribution in [1.29, 1.82) is 0 Å². The van der Waals surface area contributed by atoms with E-state index in [1.807, 2.05) is 12.1 Å². The van der Waals surface area contributed by atoms with Gasteiger partial charge in [0.2, 0.25) is 5.88 Å². The normalized spacial score (nSPS) is 12.5. The topological polar surface area (TPSA) is 60.2 Å². The Bertz CT molecular complexity index is 366. The number of aromatic nitrogens is 1. The molecule has 102 valence electrons. The average Bonchev–Trinajstić information content (AvgIpc) is 2.35. The molecule has 0 aliphatic rings. The number of nitrogens with two attached hydrogens (primary N) is 1. The quantitative estimate of drug-likeness (QED) is 0.780. The van der Waals surface area contributed by atoms with E-state index in [1.165, 1.54) is 0 Å². The molecule has 4 heteroatoms. The first-order valence-electron chi connectivity index (χ1n) is 6.74. The van der Waals surface area contributed by atoms with Crippen molar-refractivity contribution in [3.05, 3.63) is 12.1 Å². The molecular weight excluding hydrogens is 226 g/mol. The lowest BCUT2D eigenvalue weighted by molar-refractivity contribution is 0.307. The standard InChI is InChI=1S/C14H25N3O/c1-5-9-18-14-11(15)7-8-13(17-14)16-12(6-2)10(3)4/h7-8,10,12H,5-6,9,15H2,1-4H3,(H,16,17). The van der Waals surface area contributed by atoms with E-state index in [9.17, 15) is 0 Å². The number of ether oxygens (including phenoxy) is 1. The minimum atomic E-state index is 0.417. The second kappa shape index (κ2) is 7.09. The molecule has 4 nitrogen and oxygen atoms in total. The highest BCUT2D eigenvalue weighted by Gasteiger charge is 2.12. The lowest BCUT2D eigenvalue weighted by Gasteiger charge is -2.21. The number of hydrogen-bond acceptors (Lipinski definition) is 4. The Morgan fingerprint density at radius 3 is 2.61 bits per heavy atom. The lowest BCUT2D eigenvalue weighted by Crippen LogP contribution is -2.25. The fourth-order valence-electron chi connectivity index (χ4n) is 1.78. The monoisotopic (exact) mass is 251 g/mol. The van der Waals surface area contributed by atoms with Crippen LogP contribution in [-0.4, -0.2) is 17.6 Å². The predicted molar refractivity (Wildman–Crippen MR) is 77.0 cm³/mol. The Balaban J connectivity index is 2.77. The average molecular weight is 251 g/mol. The SMILES string of the molecule is CCCOc1nc(NC(CC)C(C)C)ccc1N. The molecular formula is C14H25N3O. The van der Waals surface area contributed by atoms with Gasteiger partial charge < -0.3 is 15.8 Å². The summed E-state index contributed by atoms with van der Waals surface area (Å²) in [5.74, 6) is 1.92. The smallest absolute Gasteiger partial charge is 0.239 e. The third-order valence-corrected chi connectivity index (χ3v) is 2.91. The van der Waals surface area contributed by atoms with Crippen LogP contribution in [0.3, 0.4) is 0 Å². The van der Waals surface area contributed by atoms with E-state index in [2.05, 4.69) is 38.0 Å². The molecule has 0 saturated heterocycles. The van der Waals surface area contributed by atoms with Gasteiger partial charge in [0.25, 0.3) is 0 Å². The van der Waals surface area contributed by atoms with Crippen molar-refractivity contribution in [2.45, 2.75) is 46.6 Å². The van der Waals surface area contributed by atoms with Crippen LogP contribution in [0.2, 0.25) is 0 Å². The van der Waals surface area contributed by atoms with Gasteiger partial charge in [-0.3, -0.25) is 0 Å². The zero-order valence-electron chi connectivity index (χ0n) is 11.9. The van der Waals surface area contributed by atoms with Gasteiger partial charge >= 0.3 is 0 Å². The van der Waals surface area contributed by atoms with Gasteiger partial charge in [0, 0.05) is 6.04 Å². The maximum Gasteiger partial charge on any atom is 0.239 e. The summed E-state index contributed by atoms with van der Waals surface area (Å²) in [6, 6.07) is 4.16. The fourth-order valence-corrected chi connectivity index (χ4v) is 1.78. The van der Waals surface area contributed by atoms with E-state index >= 15 is 0 Å². The molecule has 0 aromatic carbocycles. The van der Waals surface area contributed by atoms with E-state index in [1.54, 1.807) is 0 Å². The van der Waals surface area contributed by atoms with E-state index in [4.69, 9.17) is 10.5 Å². The minimum absolute atomic E-state index is 0.417. The highest BCUT2D eigenvalue weighted by atomic mass is 16.5. The van der Waals surface area contributed by atoms with E-state index in [0.717, 1.165) is 18.7 Å². The summed E-state index contributed by atoms with van der Waals surface area (Å²) in [5.41, 5.74) is 6.43. The van der Waals surface area contributed by atoms with Gasteiger partial charge in [-0.1, -0.05) is 27.7 Å². The Labute approximate surface area is 110 Å². The van der Waals surface area contributed by atoms with Crippen molar-refractivity contribution in [2.75, 3.05) is 17.7 Å². The third-order valence-electron chi connectivity index (χ3n) is 2.91. The van der Waals surface area contributed by atoms with Crippen LogP contribution in [0.25, 0.3) is 0 Å². The van der Waals surface area contributed by atoms with Crippen molar-refractivity contribution in [3.8, 4) is 5.88 Å². The van der Waals surface area contributed by atoms with Gasteiger partial charge in [0.1, 0.15) is 5.82 Å². The largest absolute Gasteiger partial charge is 0.476 e. The lowest BCUT2D eigenvalue weighted by atomic mass is 10.0. The van der Waals surface area contributed by atoms with Crippen molar-refractivity contribution < 1.29 is 4.74 Å². The Hall–Kier alpha value is -1.45. The highest BCUT2D eigenvalue weighted by molar-refractivity contribution is 5.53. The molecule has 1 aromatic rings. The molecule has 0 saturated carbocycles. The second-order valence-corrected chi connectivity index (χ2v) is 4.84. The maximum atomic E-state index is 5.84.